The molecule has 0 aliphatic rings. The molecule has 0 saturated heterocycles. The first-order chi connectivity index (χ1) is 30.1. The van der Waals surface area contributed by atoms with Crippen LogP contribution in [0.2, 0.25) is 0 Å². The number of likely N-dealkylation sites (N-methyl/N-ethyl adjacent to an activating group) is 1. The summed E-state index contributed by atoms with van der Waals surface area (Å²) >= 11 is 1.21. The molecule has 0 aromatic rings. The van der Waals surface area contributed by atoms with Gasteiger partial charge in [0.1, 0.15) is 25.8 Å². The number of hydrogen-bond acceptors (Lipinski definition) is 11. The van der Waals surface area contributed by atoms with Gasteiger partial charge in [0.25, 0.3) is 0 Å². The predicted molar refractivity (Wildman–Crippen MR) is 257 cm³/mol. The van der Waals surface area contributed by atoms with Gasteiger partial charge in [-0.15, -0.1) is 11.8 Å². The number of unbranched alkanes of at least 4 members (excludes halogenated alkanes) is 16. The van der Waals surface area contributed by atoms with E-state index in [1.807, 2.05) is 45.4 Å². The lowest BCUT2D eigenvalue weighted by Gasteiger charge is -2.25. The number of phosphoric ester groups is 1. The van der Waals surface area contributed by atoms with Crippen LogP contribution in [-0.4, -0.2) is 114 Å². The Labute approximate surface area is 385 Å². The second-order valence-corrected chi connectivity index (χ2v) is 20.0. The van der Waals surface area contributed by atoms with Crippen LogP contribution in [0.5, 0.6) is 0 Å². The molecule has 0 heterocycles. The number of allylic oxidation sites excluding steroid dienone is 7. The number of carboxylic acid groups (broad SMARTS) is 1. The van der Waals surface area contributed by atoms with Gasteiger partial charge in [0.15, 0.2) is 6.10 Å². The maximum Gasteiger partial charge on any atom is 0.472 e. The van der Waals surface area contributed by atoms with Gasteiger partial charge in [0, 0.05) is 23.8 Å². The van der Waals surface area contributed by atoms with Crippen molar-refractivity contribution in [3.63, 3.8) is 0 Å². The van der Waals surface area contributed by atoms with Crippen molar-refractivity contribution in [3.05, 3.63) is 48.6 Å². The van der Waals surface area contributed by atoms with E-state index >= 15 is 0 Å². The molecule has 0 aromatic carbocycles. The van der Waals surface area contributed by atoms with Crippen LogP contribution >= 0.6 is 19.6 Å². The van der Waals surface area contributed by atoms with Crippen LogP contribution < -0.4 is 5.73 Å². The first-order valence-corrected chi connectivity index (χ1v) is 26.3. The van der Waals surface area contributed by atoms with Gasteiger partial charge in [-0.2, -0.15) is 0 Å². The molecule has 13 nitrogen and oxygen atoms in total. The summed E-state index contributed by atoms with van der Waals surface area (Å²) in [5.74, 6) is -2.26. The van der Waals surface area contributed by atoms with Gasteiger partial charge in [-0.3, -0.25) is 23.4 Å². The third-order valence-corrected chi connectivity index (χ3v) is 12.5. The normalized spacial score (nSPS) is 15.3. The number of esters is 2. The summed E-state index contributed by atoms with van der Waals surface area (Å²) in [7, 11) is 1.18. The lowest BCUT2D eigenvalue weighted by Crippen LogP contribution is -2.40. The molecule has 0 amide bonds. The molecule has 15 heteroatoms. The molecule has 0 spiro atoms. The number of nitrogens with two attached hydrogens (primary N) is 1. The number of carbonyl (C=O) groups excluding carboxylic acids is 2. The minimum Gasteiger partial charge on any atom is -0.481 e. The van der Waals surface area contributed by atoms with Gasteiger partial charge in [0.2, 0.25) is 0 Å². The van der Waals surface area contributed by atoms with E-state index in [4.69, 9.17) is 29.4 Å². The summed E-state index contributed by atoms with van der Waals surface area (Å²) < 4.78 is 34.4. The fourth-order valence-electron chi connectivity index (χ4n) is 6.20. The van der Waals surface area contributed by atoms with E-state index < -0.39 is 62.4 Å². The number of thioether (sulfide) groups is 1. The molecular weight excluding hydrogens is 844 g/mol. The van der Waals surface area contributed by atoms with E-state index in [9.17, 15) is 28.9 Å². The van der Waals surface area contributed by atoms with Crippen molar-refractivity contribution in [2.24, 2.45) is 5.73 Å². The Morgan fingerprint density at radius 2 is 1.32 bits per heavy atom. The Kier molecular flexibility index (Phi) is 38.6. The summed E-state index contributed by atoms with van der Waals surface area (Å²) in [5.41, 5.74) is 6.25. The zero-order chi connectivity index (χ0) is 47.0. The summed E-state index contributed by atoms with van der Waals surface area (Å²) in [6.45, 7) is 3.81. The zero-order valence-corrected chi connectivity index (χ0v) is 41.4. The Bertz CT molecular complexity index is 1340. The highest BCUT2D eigenvalue weighted by Gasteiger charge is 2.29. The first kappa shape index (κ1) is 60.7. The van der Waals surface area contributed by atoms with E-state index in [0.29, 0.717) is 17.4 Å². The first-order valence-electron chi connectivity index (χ1n) is 23.8. The van der Waals surface area contributed by atoms with Crippen LogP contribution in [0.4, 0.5) is 0 Å². The fraction of sp³-hybridized carbons (Fsp3) is 0.771. The number of carbonyl (C=O) groups is 3. The van der Waals surface area contributed by atoms with Gasteiger partial charge in [-0.1, -0.05) is 159 Å². The number of carboxylic acids is 1. The maximum atomic E-state index is 13.2. The van der Waals surface area contributed by atoms with E-state index in [2.05, 4.69) is 26.0 Å². The third kappa shape index (κ3) is 40.9. The van der Waals surface area contributed by atoms with Crippen LogP contribution in [0.3, 0.4) is 0 Å². The van der Waals surface area contributed by atoms with Gasteiger partial charge in [-0.05, 0) is 38.5 Å². The second kappa shape index (κ2) is 40.0. The van der Waals surface area contributed by atoms with E-state index in [1.54, 1.807) is 12.2 Å². The highest BCUT2D eigenvalue weighted by atomic mass is 32.2. The van der Waals surface area contributed by atoms with Gasteiger partial charge >= 0.3 is 25.7 Å². The Hall–Kier alpha value is -2.29. The maximum absolute atomic E-state index is 13.2. The molecule has 1 unspecified atom stereocenters. The number of aliphatic hydroxyl groups is 1. The molecule has 0 saturated carbocycles. The average molecular weight is 932 g/mol. The van der Waals surface area contributed by atoms with E-state index in [0.717, 1.165) is 32.1 Å². The molecule has 366 valence electrons. The highest BCUT2D eigenvalue weighted by molar-refractivity contribution is 8.00. The summed E-state index contributed by atoms with van der Waals surface area (Å²) in [6.07, 6.45) is 36.3. The number of quaternary nitrogens is 1. The zero-order valence-electron chi connectivity index (χ0n) is 39.7. The number of rotatable bonds is 43. The van der Waals surface area contributed by atoms with Crippen LogP contribution in [0, 0.1) is 0 Å². The smallest absolute Gasteiger partial charge is 0.472 e. The molecule has 0 bridgehead atoms. The molecule has 0 aromatic heterocycles. The van der Waals surface area contributed by atoms with Gasteiger partial charge in [0.05, 0.1) is 33.9 Å². The van der Waals surface area contributed by atoms with Crippen molar-refractivity contribution in [2.75, 3.05) is 53.3 Å². The molecule has 0 radical (unpaired) electrons. The summed E-state index contributed by atoms with van der Waals surface area (Å²) in [4.78, 5) is 47.3. The fourth-order valence-corrected chi connectivity index (χ4v) is 8.07. The minimum atomic E-state index is -4.54. The summed E-state index contributed by atoms with van der Waals surface area (Å²) in [5, 5.41) is 19.5. The predicted octanol–water partition coefficient (Wildman–Crippen LogP) is 10.4. The number of aliphatic hydroxyl groups excluding tert-OH is 1. The van der Waals surface area contributed by atoms with Gasteiger partial charge < -0.3 is 34.8 Å². The Morgan fingerprint density at radius 3 is 1.92 bits per heavy atom. The molecular formula is C48H88N2O11PS+. The average Bonchev–Trinajstić information content (AvgIpc) is 3.22. The van der Waals surface area contributed by atoms with Crippen LogP contribution in [0.25, 0.3) is 0 Å². The largest absolute Gasteiger partial charge is 0.481 e. The van der Waals surface area contributed by atoms with E-state index in [-0.39, 0.29) is 38.0 Å². The van der Waals surface area contributed by atoms with Crippen LogP contribution in [0.1, 0.15) is 162 Å². The molecule has 5 atom stereocenters. The topological polar surface area (TPSA) is 192 Å². The van der Waals surface area contributed by atoms with Gasteiger partial charge in [-0.25, -0.2) is 4.57 Å². The SMILES string of the molecule is CCCCC/C=C\C\C=C/C=C/C=C/[C@@H](SC[C@H](N)C(=O)O[C@H](COC(=O)CCCCCCCCCCCCCCCC)COP(=O)(O)OCC[N+](C)(C)C)[C@@H](O)CCCC(=O)O. The quantitative estimate of drug-likeness (QED) is 0.0113. The van der Waals surface area contributed by atoms with Crippen molar-refractivity contribution < 1.29 is 57.1 Å². The molecule has 0 aliphatic carbocycles. The molecule has 0 rings (SSSR count). The number of nitrogens with zero attached hydrogens (tertiary/aromatic N) is 1. The number of hydrogen-bond donors (Lipinski definition) is 4. The van der Waals surface area contributed by atoms with Crippen molar-refractivity contribution in [3.8, 4) is 0 Å². The standard InChI is InChI=1S/C48H87N2O11PS/c1-6-8-10-12-14-16-18-20-21-23-25-27-29-31-36-47(54)58-39-42(40-60-62(56,57)59-38-37-50(3,4)5)61-48(55)43(49)41-63-45(44(51)33-32-35-46(52)53)34-30-28-26-24-22-19-17-15-13-11-9-7-2/h15,17,22,24,26,28,30,34,42-45,51H,6-14,16,18-21,23,25,27,29,31-33,35-41,49H2,1-5H3,(H-,52,53,56,57)/p+1/b17-15-,24-22-,28-26+,34-30+/t42-,43+,44+,45-/m1/s1. The highest BCUT2D eigenvalue weighted by Crippen LogP contribution is 2.43. The second-order valence-electron chi connectivity index (χ2n) is 17.4. The number of aliphatic carboxylic acids is 1. The lowest BCUT2D eigenvalue weighted by atomic mass is 10.0. The lowest BCUT2D eigenvalue weighted by molar-refractivity contribution is -0.870. The number of ether oxygens (including phenoxy) is 2. The molecule has 0 aliphatic heterocycles. The third-order valence-electron chi connectivity index (χ3n) is 10.1. The van der Waals surface area contributed by atoms with Crippen molar-refractivity contribution >= 4 is 37.5 Å². The Morgan fingerprint density at radius 1 is 0.730 bits per heavy atom. The molecule has 0 fully saturated rings. The Balaban J connectivity index is 5.26. The van der Waals surface area contributed by atoms with Crippen LogP contribution in [-0.2, 0) is 37.5 Å². The van der Waals surface area contributed by atoms with Crippen LogP contribution in [0.15, 0.2) is 48.6 Å². The number of phosphoric acid groups is 1. The monoisotopic (exact) mass is 932 g/mol. The van der Waals surface area contributed by atoms with Crippen molar-refractivity contribution in [2.45, 2.75) is 185 Å². The van der Waals surface area contributed by atoms with Crippen molar-refractivity contribution in [1.82, 2.24) is 0 Å². The van der Waals surface area contributed by atoms with Crippen molar-refractivity contribution in [1.29, 1.82) is 0 Å². The van der Waals surface area contributed by atoms with E-state index in [1.165, 1.54) is 95.2 Å². The molecule has 5 N–H and O–H groups in total. The minimum absolute atomic E-state index is 0.0250. The summed E-state index contributed by atoms with van der Waals surface area (Å²) in [6, 6.07) is -1.18. The molecule has 63 heavy (non-hydrogen) atoms.